The Hall–Kier alpha value is -1.72. The number of nitrogens with one attached hydrogen (secondary N) is 1. The van der Waals surface area contributed by atoms with Gasteiger partial charge >= 0.3 is 6.18 Å². The summed E-state index contributed by atoms with van der Waals surface area (Å²) in [4.78, 5) is 13.1. The van der Waals surface area contributed by atoms with E-state index < -0.39 is 24.7 Å². The number of benzene rings is 1. The smallest absolute Gasteiger partial charge is 0.373 e. The van der Waals surface area contributed by atoms with E-state index in [-0.39, 0.29) is 6.54 Å². The molecule has 0 spiro atoms. The van der Waals surface area contributed by atoms with Crippen LogP contribution in [0.5, 0.6) is 0 Å². The van der Waals surface area contributed by atoms with Crippen molar-refractivity contribution < 1.29 is 18.0 Å². The summed E-state index contributed by atoms with van der Waals surface area (Å²) in [5, 5.41) is 3.00. The van der Waals surface area contributed by atoms with E-state index in [2.05, 4.69) is 5.32 Å². The Morgan fingerprint density at radius 2 is 2.10 bits per heavy atom. The van der Waals surface area contributed by atoms with Crippen LogP contribution in [0.4, 0.5) is 18.9 Å². The van der Waals surface area contributed by atoms with Gasteiger partial charge in [-0.05, 0) is 18.1 Å². The molecule has 1 aromatic carbocycles. The Morgan fingerprint density at radius 1 is 1.40 bits per heavy atom. The maximum atomic E-state index is 12.5. The number of para-hydroxylation sites is 1. The van der Waals surface area contributed by atoms with Crippen LogP contribution in [0.25, 0.3) is 0 Å². The lowest BCUT2D eigenvalue weighted by Crippen LogP contribution is -2.46. The van der Waals surface area contributed by atoms with Crippen molar-refractivity contribution in [3.05, 3.63) is 29.8 Å². The van der Waals surface area contributed by atoms with Crippen LogP contribution in [-0.2, 0) is 11.2 Å². The second-order valence-electron chi connectivity index (χ2n) is 4.93. The lowest BCUT2D eigenvalue weighted by atomic mass is 10.1. The molecule has 0 aliphatic carbocycles. The summed E-state index contributed by atoms with van der Waals surface area (Å²) in [7, 11) is 0. The van der Waals surface area contributed by atoms with Gasteiger partial charge in [0.2, 0.25) is 5.91 Å². The molecule has 1 aliphatic rings. The fourth-order valence-corrected chi connectivity index (χ4v) is 2.42. The molecule has 0 fully saturated rings. The molecule has 2 rings (SSSR count). The minimum absolute atomic E-state index is 0.118. The van der Waals surface area contributed by atoms with Gasteiger partial charge in [0, 0.05) is 18.7 Å². The van der Waals surface area contributed by atoms with Crippen LogP contribution in [0.2, 0.25) is 0 Å². The second-order valence-corrected chi connectivity index (χ2v) is 4.93. The van der Waals surface area contributed by atoms with E-state index in [1.165, 1.54) is 0 Å². The number of halogens is 3. The number of amides is 1. The van der Waals surface area contributed by atoms with Gasteiger partial charge in [0.15, 0.2) is 0 Å². The van der Waals surface area contributed by atoms with E-state index in [9.17, 15) is 18.0 Å². The summed E-state index contributed by atoms with van der Waals surface area (Å²) in [6, 6.07) is 6.80. The molecule has 1 atom stereocenters. The van der Waals surface area contributed by atoms with Crippen molar-refractivity contribution in [2.75, 3.05) is 18.4 Å². The van der Waals surface area contributed by atoms with E-state index >= 15 is 0 Å². The van der Waals surface area contributed by atoms with Gasteiger partial charge in [-0.25, -0.2) is 0 Å². The number of fused-ring (bicyclic) bond motifs is 1. The summed E-state index contributed by atoms with van der Waals surface area (Å²) >= 11 is 0. The highest BCUT2D eigenvalue weighted by Gasteiger charge is 2.36. The maximum absolute atomic E-state index is 12.5. The van der Waals surface area contributed by atoms with E-state index in [1.807, 2.05) is 24.3 Å². The summed E-state index contributed by atoms with van der Waals surface area (Å²) < 4.78 is 37.6. The normalized spacial score (nSPS) is 17.5. The fraction of sp³-hybridized carbons (Fsp3) is 0.500. The van der Waals surface area contributed by atoms with E-state index in [0.717, 1.165) is 16.2 Å². The predicted octanol–water partition coefficient (Wildman–Crippen LogP) is 2.82. The monoisotopic (exact) mass is 286 g/mol. The molecule has 1 amide bonds. The molecule has 110 valence electrons. The van der Waals surface area contributed by atoms with Crippen molar-refractivity contribution >= 4 is 11.6 Å². The van der Waals surface area contributed by atoms with Gasteiger partial charge < -0.3 is 10.2 Å². The Bertz CT molecular complexity index is 463. The molecule has 0 bridgehead atoms. The predicted molar refractivity (Wildman–Crippen MR) is 70.5 cm³/mol. The zero-order valence-corrected chi connectivity index (χ0v) is 11.2. The minimum Gasteiger partial charge on any atom is -0.373 e. The van der Waals surface area contributed by atoms with Crippen LogP contribution >= 0.6 is 0 Å². The number of carbonyl (C=O) groups is 1. The molecule has 1 N–H and O–H groups in total. The van der Waals surface area contributed by atoms with Crippen LogP contribution in [0.1, 0.15) is 18.9 Å². The molecule has 3 nitrogen and oxygen atoms in total. The van der Waals surface area contributed by atoms with Crippen molar-refractivity contribution in [3.63, 3.8) is 0 Å². The maximum Gasteiger partial charge on any atom is 0.406 e. The third-order valence-corrected chi connectivity index (χ3v) is 3.24. The number of hydrogen-bond donors (Lipinski definition) is 1. The summed E-state index contributed by atoms with van der Waals surface area (Å²) in [5.41, 5.74) is 1.80. The van der Waals surface area contributed by atoms with Gasteiger partial charge in [0.25, 0.3) is 0 Å². The third kappa shape index (κ3) is 3.43. The first kappa shape index (κ1) is 14.7. The lowest BCUT2D eigenvalue weighted by molar-refractivity contribution is -0.161. The molecule has 1 aromatic rings. The van der Waals surface area contributed by atoms with Gasteiger partial charge in [-0.1, -0.05) is 25.1 Å². The molecule has 20 heavy (non-hydrogen) atoms. The fourth-order valence-electron chi connectivity index (χ4n) is 2.42. The molecule has 1 aliphatic heterocycles. The molecule has 0 radical (unpaired) electrons. The Morgan fingerprint density at radius 3 is 2.70 bits per heavy atom. The van der Waals surface area contributed by atoms with Gasteiger partial charge in [0.05, 0.1) is 0 Å². The van der Waals surface area contributed by atoms with Crippen LogP contribution in [0.15, 0.2) is 24.3 Å². The van der Waals surface area contributed by atoms with Gasteiger partial charge in [-0.15, -0.1) is 0 Å². The zero-order chi connectivity index (χ0) is 14.8. The summed E-state index contributed by atoms with van der Waals surface area (Å²) in [6.45, 7) is 0.689. The van der Waals surface area contributed by atoms with Gasteiger partial charge in [-0.2, -0.15) is 13.2 Å². The van der Waals surface area contributed by atoms with Crippen molar-refractivity contribution in [3.8, 4) is 0 Å². The highest BCUT2D eigenvalue weighted by molar-refractivity contribution is 5.87. The average molecular weight is 286 g/mol. The quantitative estimate of drug-likeness (QED) is 0.923. The van der Waals surface area contributed by atoms with E-state index in [0.29, 0.717) is 12.8 Å². The topological polar surface area (TPSA) is 32.3 Å². The number of anilines is 1. The Kier molecular flexibility index (Phi) is 4.20. The van der Waals surface area contributed by atoms with E-state index in [4.69, 9.17) is 0 Å². The molecular formula is C14H17F3N2O. The first-order chi connectivity index (χ1) is 9.40. The minimum atomic E-state index is -4.36. The van der Waals surface area contributed by atoms with Crippen LogP contribution in [-0.4, -0.2) is 36.1 Å². The number of carbonyl (C=O) groups excluding carboxylic acids is 1. The van der Waals surface area contributed by atoms with Crippen LogP contribution < -0.4 is 5.32 Å². The highest BCUT2D eigenvalue weighted by atomic mass is 19.4. The number of alkyl halides is 3. The number of rotatable bonds is 4. The molecule has 0 unspecified atom stereocenters. The van der Waals surface area contributed by atoms with Gasteiger partial charge in [-0.3, -0.25) is 4.79 Å². The largest absolute Gasteiger partial charge is 0.406 e. The van der Waals surface area contributed by atoms with Crippen LogP contribution in [0, 0.1) is 0 Å². The lowest BCUT2D eigenvalue weighted by Gasteiger charge is -2.26. The molecule has 1 heterocycles. The standard InChI is InChI=1S/C14H17F3N2O/c1-2-7-19(9-14(15,16)17)13(20)12-8-10-5-3-4-6-11(10)18-12/h3-6,12,18H,2,7-9H2,1H3/t12-/m0/s1. The van der Waals surface area contributed by atoms with E-state index in [1.54, 1.807) is 6.92 Å². The first-order valence-electron chi connectivity index (χ1n) is 6.60. The Labute approximate surface area is 115 Å². The molecule has 6 heteroatoms. The average Bonchev–Trinajstić information content (AvgIpc) is 2.79. The second kappa shape index (κ2) is 5.73. The third-order valence-electron chi connectivity index (χ3n) is 3.24. The first-order valence-corrected chi connectivity index (χ1v) is 6.60. The molecule has 0 saturated carbocycles. The van der Waals surface area contributed by atoms with Crippen molar-refractivity contribution in [1.82, 2.24) is 4.90 Å². The Balaban J connectivity index is 2.06. The molecular weight excluding hydrogens is 269 g/mol. The number of hydrogen-bond acceptors (Lipinski definition) is 2. The summed E-state index contributed by atoms with van der Waals surface area (Å²) in [5.74, 6) is -0.486. The molecule has 0 aromatic heterocycles. The zero-order valence-electron chi connectivity index (χ0n) is 11.2. The molecule has 0 saturated heterocycles. The van der Waals surface area contributed by atoms with Crippen molar-refractivity contribution in [2.45, 2.75) is 32.0 Å². The van der Waals surface area contributed by atoms with Crippen molar-refractivity contribution in [1.29, 1.82) is 0 Å². The summed E-state index contributed by atoms with van der Waals surface area (Å²) in [6.07, 6.45) is -3.43. The van der Waals surface area contributed by atoms with Gasteiger partial charge in [0.1, 0.15) is 12.6 Å². The SMILES string of the molecule is CCCN(CC(F)(F)F)C(=O)[C@@H]1Cc2ccccc2N1. The highest BCUT2D eigenvalue weighted by Crippen LogP contribution is 2.27. The van der Waals surface area contributed by atoms with Crippen LogP contribution in [0.3, 0.4) is 0 Å². The number of nitrogens with zero attached hydrogens (tertiary/aromatic N) is 1. The van der Waals surface area contributed by atoms with Crippen molar-refractivity contribution in [2.24, 2.45) is 0 Å².